The maximum absolute atomic E-state index is 11.7. The van der Waals surface area contributed by atoms with E-state index in [1.807, 2.05) is 29.6 Å². The van der Waals surface area contributed by atoms with Crippen molar-refractivity contribution in [3.8, 4) is 5.75 Å². The summed E-state index contributed by atoms with van der Waals surface area (Å²) in [4.78, 5) is 18.1. The Labute approximate surface area is 207 Å². The van der Waals surface area contributed by atoms with Crippen molar-refractivity contribution < 1.29 is 27.2 Å². The van der Waals surface area contributed by atoms with E-state index in [0.29, 0.717) is 26.4 Å². The molecule has 8 nitrogen and oxygen atoms in total. The number of hydrogen-bond acceptors (Lipinski definition) is 7. The molecule has 0 saturated carbocycles. The van der Waals surface area contributed by atoms with Crippen molar-refractivity contribution in [2.45, 2.75) is 58.6 Å². The van der Waals surface area contributed by atoms with Gasteiger partial charge < -0.3 is 14.7 Å². The molecule has 2 saturated heterocycles. The molecule has 186 valence electrons. The molecule has 2 atom stereocenters. The molecule has 10 heteroatoms. The SMILES string of the molecule is CC(C)(C)[C@@H]1C[C@@H](c2nc(COc3ccc(CC4COS(=O)OC4)cc3)cs2)CCN1C(=O)O. The molecule has 0 unspecified atom stereocenters. The standard InChI is InChI=1S/C24H32N2O6S2/c1-24(2,3)21-11-18(8-9-26(21)23(27)28)22-25-19(15-33-22)14-30-20-6-4-16(5-7-20)10-17-12-31-34(29)32-13-17/h4-7,15,17-18,21H,8-14H2,1-3H3,(H,27,28)/t17?,18-,21-,34?/m0/s1. The topological polar surface area (TPSA) is 98.2 Å². The Morgan fingerprint density at radius 2 is 1.97 bits per heavy atom. The van der Waals surface area contributed by atoms with Crippen molar-refractivity contribution in [2.75, 3.05) is 19.8 Å². The average molecular weight is 509 g/mol. The second-order valence-corrected chi connectivity index (χ2v) is 11.8. The molecule has 34 heavy (non-hydrogen) atoms. The van der Waals surface area contributed by atoms with E-state index >= 15 is 0 Å². The van der Waals surface area contributed by atoms with Gasteiger partial charge in [-0.25, -0.2) is 9.78 Å². The van der Waals surface area contributed by atoms with Gasteiger partial charge >= 0.3 is 17.5 Å². The van der Waals surface area contributed by atoms with Crippen LogP contribution in [0.25, 0.3) is 0 Å². The van der Waals surface area contributed by atoms with Gasteiger partial charge in [-0.15, -0.1) is 11.3 Å². The lowest BCUT2D eigenvalue weighted by Gasteiger charge is -2.44. The third-order valence-corrected chi connectivity index (χ3v) is 8.11. The number of aromatic nitrogens is 1. The maximum Gasteiger partial charge on any atom is 0.407 e. The molecule has 1 amide bonds. The Hall–Kier alpha value is -2.01. The third kappa shape index (κ3) is 6.35. The summed E-state index contributed by atoms with van der Waals surface area (Å²) in [6.45, 7) is 8.09. The number of carboxylic acid groups (broad SMARTS) is 1. The van der Waals surface area contributed by atoms with Crippen molar-refractivity contribution in [1.29, 1.82) is 0 Å². The predicted octanol–water partition coefficient (Wildman–Crippen LogP) is 4.78. The van der Waals surface area contributed by atoms with Gasteiger partial charge in [-0.3, -0.25) is 8.37 Å². The van der Waals surface area contributed by atoms with E-state index in [0.717, 1.165) is 41.3 Å². The Morgan fingerprint density at radius 1 is 1.26 bits per heavy atom. The molecular weight excluding hydrogens is 476 g/mol. The number of carbonyl (C=O) groups is 1. The van der Waals surface area contributed by atoms with E-state index in [2.05, 4.69) is 20.8 Å². The summed E-state index contributed by atoms with van der Waals surface area (Å²) in [6, 6.07) is 7.91. The fourth-order valence-corrected chi connectivity index (χ4v) is 6.16. The van der Waals surface area contributed by atoms with Crippen LogP contribution in [-0.2, 0) is 32.8 Å². The van der Waals surface area contributed by atoms with Crippen LogP contribution in [0.2, 0.25) is 0 Å². The van der Waals surface area contributed by atoms with Gasteiger partial charge in [0.1, 0.15) is 12.4 Å². The van der Waals surface area contributed by atoms with Gasteiger partial charge in [0.2, 0.25) is 0 Å². The van der Waals surface area contributed by atoms with Crippen molar-refractivity contribution in [2.24, 2.45) is 11.3 Å². The molecule has 2 aliphatic heterocycles. The molecule has 2 fully saturated rings. The molecule has 1 aromatic heterocycles. The minimum atomic E-state index is -1.60. The number of likely N-dealkylation sites (tertiary alicyclic amines) is 1. The van der Waals surface area contributed by atoms with E-state index in [4.69, 9.17) is 18.1 Å². The molecule has 1 aromatic carbocycles. The van der Waals surface area contributed by atoms with Gasteiger partial charge in [0, 0.05) is 29.8 Å². The first-order valence-electron chi connectivity index (χ1n) is 11.5. The molecule has 2 aliphatic rings. The van der Waals surface area contributed by atoms with Crippen LogP contribution < -0.4 is 4.74 Å². The predicted molar refractivity (Wildman–Crippen MR) is 130 cm³/mol. The molecule has 2 aromatic rings. The molecule has 0 spiro atoms. The van der Waals surface area contributed by atoms with Crippen LogP contribution in [0.15, 0.2) is 29.6 Å². The van der Waals surface area contributed by atoms with Crippen molar-refractivity contribution >= 4 is 28.8 Å². The zero-order chi connectivity index (χ0) is 24.3. The lowest BCUT2D eigenvalue weighted by molar-refractivity contribution is 0.0525. The number of nitrogens with zero attached hydrogens (tertiary/aromatic N) is 2. The Bertz CT molecular complexity index is 994. The summed E-state index contributed by atoms with van der Waals surface area (Å²) in [7, 11) is 0. The Morgan fingerprint density at radius 3 is 2.62 bits per heavy atom. The van der Waals surface area contributed by atoms with Gasteiger partial charge in [-0.1, -0.05) is 32.9 Å². The second-order valence-electron chi connectivity index (χ2n) is 10.0. The number of ether oxygens (including phenoxy) is 1. The maximum atomic E-state index is 11.7. The normalized spacial score (nSPS) is 25.8. The van der Waals surface area contributed by atoms with Gasteiger partial charge in [0.25, 0.3) is 0 Å². The highest BCUT2D eigenvalue weighted by atomic mass is 32.2. The minimum Gasteiger partial charge on any atom is -0.487 e. The quantitative estimate of drug-likeness (QED) is 0.600. The van der Waals surface area contributed by atoms with Crippen LogP contribution in [0, 0.1) is 11.3 Å². The monoisotopic (exact) mass is 508 g/mol. The average Bonchev–Trinajstić information content (AvgIpc) is 3.28. The summed E-state index contributed by atoms with van der Waals surface area (Å²) in [6.07, 6.45) is 1.54. The van der Waals surface area contributed by atoms with Gasteiger partial charge in [-0.05, 0) is 42.4 Å². The summed E-state index contributed by atoms with van der Waals surface area (Å²) < 4.78 is 27.1. The highest BCUT2D eigenvalue weighted by Gasteiger charge is 2.39. The first-order chi connectivity index (χ1) is 16.2. The summed E-state index contributed by atoms with van der Waals surface area (Å²) in [5.74, 6) is 1.24. The van der Waals surface area contributed by atoms with Crippen LogP contribution in [0.3, 0.4) is 0 Å². The Balaban J connectivity index is 1.30. The van der Waals surface area contributed by atoms with E-state index in [9.17, 15) is 14.1 Å². The van der Waals surface area contributed by atoms with E-state index in [-0.39, 0.29) is 23.3 Å². The molecule has 0 radical (unpaired) electrons. The molecule has 1 N–H and O–H groups in total. The lowest BCUT2D eigenvalue weighted by Crippen LogP contribution is -2.51. The molecule has 0 bridgehead atoms. The number of piperidine rings is 1. The molecular formula is C24H32N2O6S2. The first-order valence-corrected chi connectivity index (χ1v) is 13.4. The second kappa shape index (κ2) is 10.7. The summed E-state index contributed by atoms with van der Waals surface area (Å²) >= 11 is 0.0291. The fraction of sp³-hybridized carbons (Fsp3) is 0.583. The lowest BCUT2D eigenvalue weighted by atomic mass is 9.77. The molecule has 3 heterocycles. The van der Waals surface area contributed by atoms with E-state index in [1.54, 1.807) is 16.2 Å². The van der Waals surface area contributed by atoms with Crippen LogP contribution in [0.4, 0.5) is 4.79 Å². The Kier molecular flexibility index (Phi) is 7.91. The highest BCUT2D eigenvalue weighted by Crippen LogP contribution is 2.40. The number of thiazole rings is 1. The fourth-order valence-electron chi connectivity index (χ4n) is 4.53. The first kappa shape index (κ1) is 25.1. The number of amides is 1. The van der Waals surface area contributed by atoms with Crippen molar-refractivity contribution in [3.05, 3.63) is 45.9 Å². The minimum absolute atomic E-state index is 0.0280. The van der Waals surface area contributed by atoms with Crippen LogP contribution >= 0.6 is 11.3 Å². The zero-order valence-corrected chi connectivity index (χ0v) is 21.4. The number of hydrogen-bond donors (Lipinski definition) is 1. The van der Waals surface area contributed by atoms with E-state index < -0.39 is 17.5 Å². The van der Waals surface area contributed by atoms with Crippen molar-refractivity contribution in [3.63, 3.8) is 0 Å². The number of benzene rings is 1. The van der Waals surface area contributed by atoms with Crippen molar-refractivity contribution in [1.82, 2.24) is 9.88 Å². The highest BCUT2D eigenvalue weighted by molar-refractivity contribution is 7.75. The van der Waals surface area contributed by atoms with Gasteiger partial charge in [0.05, 0.1) is 23.9 Å². The summed E-state index contributed by atoms with van der Waals surface area (Å²) in [5, 5.41) is 12.7. The molecule has 0 aliphatic carbocycles. The van der Waals surface area contributed by atoms with Crippen LogP contribution in [0.1, 0.15) is 55.8 Å². The molecule has 4 rings (SSSR count). The summed E-state index contributed by atoms with van der Waals surface area (Å²) in [5.41, 5.74) is 1.92. The zero-order valence-electron chi connectivity index (χ0n) is 19.8. The smallest absolute Gasteiger partial charge is 0.407 e. The van der Waals surface area contributed by atoms with Gasteiger partial charge in [0.15, 0.2) is 0 Å². The van der Waals surface area contributed by atoms with Crippen LogP contribution in [-0.4, -0.2) is 51.1 Å². The van der Waals surface area contributed by atoms with Gasteiger partial charge in [-0.2, -0.15) is 4.21 Å². The van der Waals surface area contributed by atoms with E-state index in [1.165, 1.54) is 0 Å². The number of rotatable bonds is 6. The third-order valence-electron chi connectivity index (χ3n) is 6.40. The largest absolute Gasteiger partial charge is 0.487 e. The van der Waals surface area contributed by atoms with Crippen LogP contribution in [0.5, 0.6) is 5.75 Å².